The van der Waals surface area contributed by atoms with Gasteiger partial charge in [0.25, 0.3) is 0 Å². The molecule has 0 saturated heterocycles. The van der Waals surface area contributed by atoms with E-state index in [1.807, 2.05) is 0 Å². The highest BCUT2D eigenvalue weighted by atomic mass is 16.4. The fraction of sp³-hybridized carbons (Fsp3) is 0.545. The summed E-state index contributed by atoms with van der Waals surface area (Å²) in [4.78, 5) is 24.2. The van der Waals surface area contributed by atoms with Gasteiger partial charge in [-0.25, -0.2) is 9.59 Å². The van der Waals surface area contributed by atoms with Crippen molar-refractivity contribution in [3.8, 4) is 0 Å². The molecule has 0 spiro atoms. The Labute approximate surface area is 105 Å². The SMILES string of the molecule is CC(C)[C@H](NC(=O)N(C)Cc1cn[nH]c1)C(=O)O. The highest BCUT2D eigenvalue weighted by Crippen LogP contribution is 2.04. The Balaban J connectivity index is 2.56. The van der Waals surface area contributed by atoms with Crippen molar-refractivity contribution in [3.05, 3.63) is 18.0 Å². The van der Waals surface area contributed by atoms with E-state index in [0.29, 0.717) is 6.54 Å². The Hall–Kier alpha value is -2.05. The fourth-order valence-corrected chi connectivity index (χ4v) is 1.47. The summed E-state index contributed by atoms with van der Waals surface area (Å²) in [6, 6.07) is -1.30. The Morgan fingerprint density at radius 1 is 1.56 bits per heavy atom. The molecule has 1 rings (SSSR count). The Morgan fingerprint density at radius 3 is 2.67 bits per heavy atom. The van der Waals surface area contributed by atoms with Crippen LogP contribution in [-0.4, -0.2) is 45.3 Å². The van der Waals surface area contributed by atoms with Crippen molar-refractivity contribution in [2.45, 2.75) is 26.4 Å². The van der Waals surface area contributed by atoms with Crippen molar-refractivity contribution in [3.63, 3.8) is 0 Å². The molecule has 0 bridgehead atoms. The number of carboxylic acids is 1. The molecule has 0 unspecified atom stereocenters. The van der Waals surface area contributed by atoms with E-state index in [-0.39, 0.29) is 5.92 Å². The minimum Gasteiger partial charge on any atom is -0.480 e. The van der Waals surface area contributed by atoms with Gasteiger partial charge in [-0.2, -0.15) is 5.10 Å². The van der Waals surface area contributed by atoms with Gasteiger partial charge in [0.1, 0.15) is 6.04 Å². The van der Waals surface area contributed by atoms with Crippen molar-refractivity contribution in [2.24, 2.45) is 5.92 Å². The first kappa shape index (κ1) is 14.0. The number of aromatic nitrogens is 2. The van der Waals surface area contributed by atoms with Gasteiger partial charge in [0, 0.05) is 18.8 Å². The molecule has 1 aromatic heterocycles. The van der Waals surface area contributed by atoms with E-state index >= 15 is 0 Å². The van der Waals surface area contributed by atoms with Crippen LogP contribution >= 0.6 is 0 Å². The number of aromatic amines is 1. The van der Waals surface area contributed by atoms with Crippen LogP contribution in [0, 0.1) is 5.92 Å². The van der Waals surface area contributed by atoms with Gasteiger partial charge in [0.2, 0.25) is 0 Å². The molecule has 7 nitrogen and oxygen atoms in total. The minimum absolute atomic E-state index is 0.172. The molecule has 0 aromatic carbocycles. The number of nitrogens with one attached hydrogen (secondary N) is 2. The summed E-state index contributed by atoms with van der Waals surface area (Å²) in [6.45, 7) is 3.86. The van der Waals surface area contributed by atoms with Gasteiger partial charge in [-0.3, -0.25) is 5.10 Å². The van der Waals surface area contributed by atoms with Gasteiger partial charge in [0.15, 0.2) is 0 Å². The predicted molar refractivity (Wildman–Crippen MR) is 64.8 cm³/mol. The standard InChI is InChI=1S/C11H18N4O3/c1-7(2)9(10(16)17)14-11(18)15(3)6-8-4-12-13-5-8/h4-5,7,9H,6H2,1-3H3,(H,12,13)(H,14,18)(H,16,17)/t9-/m0/s1. The van der Waals surface area contributed by atoms with Crippen molar-refractivity contribution in [1.29, 1.82) is 0 Å². The summed E-state index contributed by atoms with van der Waals surface area (Å²) in [7, 11) is 1.60. The maximum atomic E-state index is 11.8. The van der Waals surface area contributed by atoms with Gasteiger partial charge in [-0.05, 0) is 5.92 Å². The summed E-state index contributed by atoms with van der Waals surface area (Å²) in [5, 5.41) is 17.9. The molecule has 0 fully saturated rings. The quantitative estimate of drug-likeness (QED) is 0.718. The monoisotopic (exact) mass is 254 g/mol. The molecule has 0 saturated carbocycles. The molecule has 3 N–H and O–H groups in total. The zero-order valence-corrected chi connectivity index (χ0v) is 10.7. The molecular weight excluding hydrogens is 236 g/mol. The summed E-state index contributed by atoms with van der Waals surface area (Å²) < 4.78 is 0. The van der Waals surface area contributed by atoms with E-state index in [9.17, 15) is 9.59 Å². The number of aliphatic carboxylic acids is 1. The second kappa shape index (κ2) is 6.04. The van der Waals surface area contributed by atoms with Crippen LogP contribution in [0.4, 0.5) is 4.79 Å². The molecule has 1 heterocycles. The maximum absolute atomic E-state index is 11.8. The lowest BCUT2D eigenvalue weighted by atomic mass is 10.1. The van der Waals surface area contributed by atoms with Crippen molar-refractivity contribution < 1.29 is 14.7 Å². The van der Waals surface area contributed by atoms with E-state index in [1.54, 1.807) is 33.3 Å². The van der Waals surface area contributed by atoms with Crippen LogP contribution in [0.1, 0.15) is 19.4 Å². The molecule has 0 aliphatic heterocycles. The molecule has 1 atom stereocenters. The van der Waals surface area contributed by atoms with Crippen molar-refractivity contribution >= 4 is 12.0 Å². The maximum Gasteiger partial charge on any atom is 0.326 e. The van der Waals surface area contributed by atoms with Gasteiger partial charge in [-0.1, -0.05) is 13.8 Å². The van der Waals surface area contributed by atoms with Crippen LogP contribution in [-0.2, 0) is 11.3 Å². The second-order valence-corrected chi connectivity index (χ2v) is 4.47. The normalized spacial score (nSPS) is 12.2. The third-order valence-electron chi connectivity index (χ3n) is 2.53. The first-order valence-corrected chi connectivity index (χ1v) is 5.64. The van der Waals surface area contributed by atoms with Crippen LogP contribution in [0.2, 0.25) is 0 Å². The van der Waals surface area contributed by atoms with Gasteiger partial charge >= 0.3 is 12.0 Å². The van der Waals surface area contributed by atoms with Crippen LogP contribution in [0.3, 0.4) is 0 Å². The topological polar surface area (TPSA) is 98.3 Å². The number of hydrogen-bond acceptors (Lipinski definition) is 3. The van der Waals surface area contributed by atoms with Crippen LogP contribution in [0.25, 0.3) is 0 Å². The summed E-state index contributed by atoms with van der Waals surface area (Å²) in [5.74, 6) is -1.20. The number of H-pyrrole nitrogens is 1. The number of amides is 2. The largest absolute Gasteiger partial charge is 0.480 e. The lowest BCUT2D eigenvalue weighted by molar-refractivity contribution is -0.140. The first-order chi connectivity index (χ1) is 8.41. The minimum atomic E-state index is -1.03. The number of nitrogens with zero attached hydrogens (tertiary/aromatic N) is 2. The lowest BCUT2D eigenvalue weighted by Crippen LogP contribution is -2.48. The molecule has 0 aliphatic rings. The lowest BCUT2D eigenvalue weighted by Gasteiger charge is -2.22. The second-order valence-electron chi connectivity index (χ2n) is 4.47. The Kier molecular flexibility index (Phi) is 4.70. The van der Waals surface area contributed by atoms with Gasteiger partial charge in [0.05, 0.1) is 12.7 Å². The molecule has 0 radical (unpaired) electrons. The third-order valence-corrected chi connectivity index (χ3v) is 2.53. The average molecular weight is 254 g/mol. The summed E-state index contributed by atoms with van der Waals surface area (Å²) in [5.41, 5.74) is 0.851. The molecule has 18 heavy (non-hydrogen) atoms. The molecule has 0 aliphatic carbocycles. The van der Waals surface area contributed by atoms with Gasteiger partial charge in [-0.15, -0.1) is 0 Å². The molecule has 2 amide bonds. The first-order valence-electron chi connectivity index (χ1n) is 5.64. The van der Waals surface area contributed by atoms with Crippen molar-refractivity contribution in [1.82, 2.24) is 20.4 Å². The van der Waals surface area contributed by atoms with Crippen LogP contribution in [0.15, 0.2) is 12.4 Å². The van der Waals surface area contributed by atoms with E-state index in [4.69, 9.17) is 5.11 Å². The Bertz CT molecular complexity index is 402. The highest BCUT2D eigenvalue weighted by molar-refractivity contribution is 5.82. The number of hydrogen-bond donors (Lipinski definition) is 3. The van der Waals surface area contributed by atoms with E-state index < -0.39 is 18.0 Å². The number of urea groups is 1. The van der Waals surface area contributed by atoms with E-state index in [1.165, 1.54) is 4.90 Å². The summed E-state index contributed by atoms with van der Waals surface area (Å²) >= 11 is 0. The van der Waals surface area contributed by atoms with Crippen molar-refractivity contribution in [2.75, 3.05) is 7.05 Å². The average Bonchev–Trinajstić information content (AvgIpc) is 2.77. The zero-order valence-electron chi connectivity index (χ0n) is 10.7. The summed E-state index contributed by atoms with van der Waals surface area (Å²) in [6.07, 6.45) is 3.29. The number of rotatable bonds is 5. The van der Waals surface area contributed by atoms with E-state index in [0.717, 1.165) is 5.56 Å². The number of carbonyl (C=O) groups is 2. The molecular formula is C11H18N4O3. The fourth-order valence-electron chi connectivity index (χ4n) is 1.47. The highest BCUT2D eigenvalue weighted by Gasteiger charge is 2.24. The molecule has 100 valence electrons. The number of carboxylic acid groups (broad SMARTS) is 1. The van der Waals surface area contributed by atoms with Gasteiger partial charge < -0.3 is 15.3 Å². The number of carbonyl (C=O) groups excluding carboxylic acids is 1. The Morgan fingerprint density at radius 2 is 2.22 bits per heavy atom. The zero-order chi connectivity index (χ0) is 13.7. The molecule has 7 heteroatoms. The van der Waals surface area contributed by atoms with Crippen LogP contribution in [0.5, 0.6) is 0 Å². The third kappa shape index (κ3) is 3.76. The smallest absolute Gasteiger partial charge is 0.326 e. The molecule has 1 aromatic rings. The van der Waals surface area contributed by atoms with E-state index in [2.05, 4.69) is 15.5 Å². The predicted octanol–water partition coefficient (Wildman–Crippen LogP) is 0.660. The van der Waals surface area contributed by atoms with Crippen LogP contribution < -0.4 is 5.32 Å².